The van der Waals surface area contributed by atoms with Crippen LogP contribution in [0.3, 0.4) is 0 Å². The Hall–Kier alpha value is -0.970. The Kier molecular flexibility index (Phi) is 9.72. The molecule has 3 saturated heterocycles. The summed E-state index contributed by atoms with van der Waals surface area (Å²) in [4.78, 5) is 11.9. The minimum absolute atomic E-state index is 0.111. The molecule has 210 valence electrons. The van der Waals surface area contributed by atoms with Gasteiger partial charge in [0, 0.05) is 0 Å². The highest BCUT2D eigenvalue weighted by Crippen LogP contribution is 2.36. The highest BCUT2D eigenvalue weighted by molar-refractivity contribution is 5.62. The maximum absolute atomic E-state index is 11.9. The highest BCUT2D eigenvalue weighted by Gasteiger charge is 2.59. The number of aliphatic hydroxyl groups is 11. The SMILES string of the molecule is O=CC1(O[C@H]2[C@H](O)[C@@H](O)C(O[C@H]3[C@H](O)[C@@H](O)[C@@H](O)O[C@@H]3CO)O[C@@H]2CO)O[C@H](CO)[C@@H](O)[C@H](O)[C@H]1O. The van der Waals surface area contributed by atoms with Crippen molar-refractivity contribution < 1.29 is 84.7 Å². The standard InChI is InChI=1S/C19H32O17/c20-1-5-8(24)11(27)16(30)19(4-23,35-5)36-15-7(3-22)33-18(13(29)10(15)26)34-14-6(2-21)32-17(31)12(28)9(14)25/h4-18,20-22,24-31H,1-3H2/t5-,6-,7-,8-,9-,10-,11+,12-,13-,14-,15-,16-,17+,18?,19?/m1/s1. The molecule has 11 N–H and O–H groups in total. The largest absolute Gasteiger partial charge is 0.394 e. The lowest BCUT2D eigenvalue weighted by molar-refractivity contribution is -0.394. The van der Waals surface area contributed by atoms with Gasteiger partial charge < -0.3 is 79.9 Å². The first-order valence-electron chi connectivity index (χ1n) is 11.0. The molecule has 0 spiro atoms. The van der Waals surface area contributed by atoms with Crippen molar-refractivity contribution in [2.45, 2.75) is 91.6 Å². The van der Waals surface area contributed by atoms with Crippen LogP contribution in [-0.4, -0.2) is 174 Å². The van der Waals surface area contributed by atoms with Crippen LogP contribution in [0.15, 0.2) is 0 Å². The van der Waals surface area contributed by atoms with E-state index in [2.05, 4.69) is 0 Å². The van der Waals surface area contributed by atoms with E-state index in [1.165, 1.54) is 0 Å². The summed E-state index contributed by atoms with van der Waals surface area (Å²) in [5.41, 5.74) is 0. The zero-order valence-electron chi connectivity index (χ0n) is 18.7. The Morgan fingerprint density at radius 2 is 1.22 bits per heavy atom. The molecule has 0 bridgehead atoms. The maximum Gasteiger partial charge on any atom is 0.256 e. The molecule has 0 aromatic heterocycles. The zero-order chi connectivity index (χ0) is 26.9. The average molecular weight is 532 g/mol. The fourth-order valence-corrected chi connectivity index (χ4v) is 4.30. The number of aldehydes is 1. The van der Waals surface area contributed by atoms with Gasteiger partial charge >= 0.3 is 0 Å². The Morgan fingerprint density at radius 1 is 0.667 bits per heavy atom. The van der Waals surface area contributed by atoms with Crippen molar-refractivity contribution in [3.63, 3.8) is 0 Å². The van der Waals surface area contributed by atoms with E-state index in [0.29, 0.717) is 0 Å². The molecule has 0 aliphatic carbocycles. The van der Waals surface area contributed by atoms with Gasteiger partial charge in [-0.1, -0.05) is 0 Å². The number of hydrogen-bond donors (Lipinski definition) is 11. The molecule has 36 heavy (non-hydrogen) atoms. The molecule has 17 heteroatoms. The van der Waals surface area contributed by atoms with Gasteiger partial charge in [0.25, 0.3) is 5.79 Å². The number of carbonyl (C=O) groups excluding carboxylic acids is 1. The summed E-state index contributed by atoms with van der Waals surface area (Å²) in [6, 6.07) is 0. The molecular weight excluding hydrogens is 500 g/mol. The third-order valence-electron chi connectivity index (χ3n) is 6.42. The van der Waals surface area contributed by atoms with Crippen molar-refractivity contribution in [2.75, 3.05) is 19.8 Å². The minimum Gasteiger partial charge on any atom is -0.394 e. The molecule has 2 unspecified atom stereocenters. The third-order valence-corrected chi connectivity index (χ3v) is 6.42. The van der Waals surface area contributed by atoms with Gasteiger partial charge in [-0.05, 0) is 0 Å². The van der Waals surface area contributed by atoms with Gasteiger partial charge in [0.15, 0.2) is 18.9 Å². The molecule has 17 nitrogen and oxygen atoms in total. The number of carbonyl (C=O) groups is 1. The van der Waals surface area contributed by atoms with E-state index in [-0.39, 0.29) is 6.29 Å². The summed E-state index contributed by atoms with van der Waals surface area (Å²) in [6.45, 7) is -2.65. The molecule has 3 fully saturated rings. The number of hydrogen-bond acceptors (Lipinski definition) is 17. The molecule has 0 aromatic carbocycles. The van der Waals surface area contributed by atoms with Gasteiger partial charge in [0.2, 0.25) is 0 Å². The van der Waals surface area contributed by atoms with E-state index in [4.69, 9.17) is 23.7 Å². The van der Waals surface area contributed by atoms with Crippen molar-refractivity contribution >= 4 is 6.29 Å². The van der Waals surface area contributed by atoms with Crippen molar-refractivity contribution in [3.05, 3.63) is 0 Å². The van der Waals surface area contributed by atoms with Crippen LogP contribution < -0.4 is 0 Å². The van der Waals surface area contributed by atoms with Crippen LogP contribution >= 0.6 is 0 Å². The monoisotopic (exact) mass is 532 g/mol. The lowest BCUT2D eigenvalue weighted by Crippen LogP contribution is -2.71. The summed E-state index contributed by atoms with van der Waals surface area (Å²) in [5.74, 6) is -2.78. The maximum atomic E-state index is 11.9. The Labute approximate surface area is 203 Å². The van der Waals surface area contributed by atoms with Crippen LogP contribution in [-0.2, 0) is 28.5 Å². The van der Waals surface area contributed by atoms with E-state index >= 15 is 0 Å². The summed E-state index contributed by atoms with van der Waals surface area (Å²) in [5, 5.41) is 110. The van der Waals surface area contributed by atoms with Gasteiger partial charge in [-0.2, -0.15) is 0 Å². The minimum atomic E-state index is -2.78. The Bertz CT molecular complexity index is 722. The first-order valence-corrected chi connectivity index (χ1v) is 11.0. The number of rotatable bonds is 8. The van der Waals surface area contributed by atoms with Crippen LogP contribution in [0.1, 0.15) is 0 Å². The predicted octanol–water partition coefficient (Wildman–Crippen LogP) is -8.00. The average Bonchev–Trinajstić information content (AvgIpc) is 2.88. The number of aliphatic hydroxyl groups excluding tert-OH is 11. The van der Waals surface area contributed by atoms with E-state index in [0.717, 1.165) is 0 Å². The summed E-state index contributed by atoms with van der Waals surface area (Å²) in [6.07, 6.45) is -25.8. The second-order valence-electron chi connectivity index (χ2n) is 8.72. The lowest BCUT2D eigenvalue weighted by atomic mass is 9.92. The van der Waals surface area contributed by atoms with E-state index < -0.39 is 111 Å². The molecule has 0 amide bonds. The smallest absolute Gasteiger partial charge is 0.256 e. The molecular formula is C19H32O17. The predicted molar refractivity (Wildman–Crippen MR) is 106 cm³/mol. The van der Waals surface area contributed by atoms with Crippen molar-refractivity contribution in [3.8, 4) is 0 Å². The van der Waals surface area contributed by atoms with E-state index in [1.807, 2.05) is 0 Å². The molecule has 3 aliphatic rings. The van der Waals surface area contributed by atoms with Crippen molar-refractivity contribution in [1.82, 2.24) is 0 Å². The Morgan fingerprint density at radius 3 is 1.78 bits per heavy atom. The van der Waals surface area contributed by atoms with E-state index in [9.17, 15) is 61.0 Å². The quantitative estimate of drug-likeness (QED) is 0.129. The summed E-state index contributed by atoms with van der Waals surface area (Å²) < 4.78 is 26.3. The van der Waals surface area contributed by atoms with Crippen LogP contribution in [0, 0.1) is 0 Å². The second-order valence-corrected chi connectivity index (χ2v) is 8.72. The van der Waals surface area contributed by atoms with Gasteiger partial charge in [-0.25, -0.2) is 0 Å². The molecule has 0 aromatic rings. The lowest BCUT2D eigenvalue weighted by Gasteiger charge is -2.50. The Balaban J connectivity index is 1.80. The summed E-state index contributed by atoms with van der Waals surface area (Å²) >= 11 is 0. The fourth-order valence-electron chi connectivity index (χ4n) is 4.30. The van der Waals surface area contributed by atoms with Crippen molar-refractivity contribution in [2.24, 2.45) is 0 Å². The topological polar surface area (TPSA) is 286 Å². The molecule has 3 aliphatic heterocycles. The van der Waals surface area contributed by atoms with Crippen LogP contribution in [0.25, 0.3) is 0 Å². The number of ether oxygens (including phenoxy) is 5. The van der Waals surface area contributed by atoms with Gasteiger partial charge in [-0.15, -0.1) is 0 Å². The second kappa shape index (κ2) is 11.8. The van der Waals surface area contributed by atoms with Gasteiger partial charge in [-0.3, -0.25) is 4.79 Å². The highest BCUT2D eigenvalue weighted by atomic mass is 16.8. The molecule has 0 radical (unpaired) electrons. The zero-order valence-corrected chi connectivity index (χ0v) is 18.7. The van der Waals surface area contributed by atoms with Crippen LogP contribution in [0.2, 0.25) is 0 Å². The van der Waals surface area contributed by atoms with Crippen LogP contribution in [0.4, 0.5) is 0 Å². The van der Waals surface area contributed by atoms with E-state index in [1.54, 1.807) is 0 Å². The molecule has 3 heterocycles. The summed E-state index contributed by atoms with van der Waals surface area (Å²) in [7, 11) is 0. The molecule has 15 atom stereocenters. The van der Waals surface area contributed by atoms with Crippen LogP contribution in [0.5, 0.6) is 0 Å². The fraction of sp³-hybridized carbons (Fsp3) is 0.947. The van der Waals surface area contributed by atoms with Gasteiger partial charge in [0.05, 0.1) is 19.8 Å². The first kappa shape index (κ1) is 29.6. The van der Waals surface area contributed by atoms with Gasteiger partial charge in [0.1, 0.15) is 73.2 Å². The molecule has 3 rings (SSSR count). The van der Waals surface area contributed by atoms with Crippen molar-refractivity contribution in [1.29, 1.82) is 0 Å². The molecule has 0 saturated carbocycles. The first-order chi connectivity index (χ1) is 17.0. The third kappa shape index (κ3) is 5.29. The normalized spacial score (nSPS) is 52.2.